The quantitative estimate of drug-likeness (QED) is 0.725. The zero-order valence-corrected chi connectivity index (χ0v) is 15.4. The van der Waals surface area contributed by atoms with E-state index in [2.05, 4.69) is 10.6 Å². The molecule has 1 saturated heterocycles. The molecule has 1 heterocycles. The fourth-order valence-corrected chi connectivity index (χ4v) is 2.90. The Morgan fingerprint density at radius 3 is 2.53 bits per heavy atom. The van der Waals surface area contributed by atoms with E-state index < -0.39 is 41.0 Å². The van der Waals surface area contributed by atoms with Gasteiger partial charge in [-0.2, -0.15) is 18.4 Å². The number of carbonyl (C=O) groups is 2. The Bertz CT molecular complexity index is 1030. The van der Waals surface area contributed by atoms with Gasteiger partial charge in [-0.1, -0.05) is 0 Å². The van der Waals surface area contributed by atoms with E-state index in [-0.39, 0.29) is 12.2 Å². The van der Waals surface area contributed by atoms with Crippen molar-refractivity contribution in [3.8, 4) is 6.07 Å². The smallest absolute Gasteiger partial charge is 0.417 e. The average Bonchev–Trinajstić information content (AvgIpc) is 2.95. The summed E-state index contributed by atoms with van der Waals surface area (Å²) in [5, 5.41) is 13.4. The van der Waals surface area contributed by atoms with Gasteiger partial charge in [0.25, 0.3) is 0 Å². The highest BCUT2D eigenvalue weighted by Gasteiger charge is 2.43. The number of halogens is 4. The molecule has 0 radical (unpaired) electrons. The first-order valence-corrected chi connectivity index (χ1v) is 8.47. The van der Waals surface area contributed by atoms with Crippen LogP contribution in [-0.2, 0) is 10.9 Å². The fraction of sp³-hybridized carbons (Fsp3) is 0.211. The highest BCUT2D eigenvalue weighted by atomic mass is 19.4. The molecule has 30 heavy (non-hydrogen) atoms. The molecule has 0 aromatic heterocycles. The Morgan fingerprint density at radius 2 is 1.93 bits per heavy atom. The molecule has 11 heteroatoms. The van der Waals surface area contributed by atoms with E-state index >= 15 is 0 Å². The minimum Gasteiger partial charge on any atom is -0.421 e. The maximum atomic E-state index is 13.1. The molecular formula is C19H14F4N4O3. The van der Waals surface area contributed by atoms with E-state index in [9.17, 15) is 27.2 Å². The van der Waals surface area contributed by atoms with Crippen LogP contribution in [0.4, 0.5) is 38.5 Å². The number of hydrogen-bond donors (Lipinski definition) is 2. The normalized spacial score (nSPS) is 18.5. The van der Waals surface area contributed by atoms with Crippen molar-refractivity contribution in [1.29, 1.82) is 5.26 Å². The lowest BCUT2D eigenvalue weighted by atomic mass is 10.1. The van der Waals surface area contributed by atoms with Crippen molar-refractivity contribution < 1.29 is 31.9 Å². The Morgan fingerprint density at radius 1 is 1.27 bits per heavy atom. The molecule has 0 spiro atoms. The highest BCUT2D eigenvalue weighted by Crippen LogP contribution is 2.33. The van der Waals surface area contributed by atoms with Crippen molar-refractivity contribution in [3.05, 3.63) is 59.4 Å². The molecule has 156 valence electrons. The van der Waals surface area contributed by atoms with Crippen LogP contribution in [0.2, 0.25) is 0 Å². The Hall–Kier alpha value is -3.81. The summed E-state index contributed by atoms with van der Waals surface area (Å²) in [7, 11) is 0. The third-order valence-corrected chi connectivity index (χ3v) is 4.22. The van der Waals surface area contributed by atoms with Crippen LogP contribution in [0.5, 0.6) is 0 Å². The second-order valence-corrected chi connectivity index (χ2v) is 6.61. The van der Waals surface area contributed by atoms with Gasteiger partial charge in [0.05, 0.1) is 23.7 Å². The summed E-state index contributed by atoms with van der Waals surface area (Å²) in [4.78, 5) is 25.6. The van der Waals surface area contributed by atoms with E-state index in [4.69, 9.17) is 10.00 Å². The molecule has 1 aliphatic rings. The lowest BCUT2D eigenvalue weighted by molar-refractivity contribution is -0.137. The molecule has 1 atom stereocenters. The van der Waals surface area contributed by atoms with E-state index in [0.717, 1.165) is 24.3 Å². The number of nitrogens with zero attached hydrogens (tertiary/aromatic N) is 2. The summed E-state index contributed by atoms with van der Waals surface area (Å²) in [6.45, 7) is 1.28. The first-order valence-electron chi connectivity index (χ1n) is 8.47. The van der Waals surface area contributed by atoms with Crippen molar-refractivity contribution in [2.75, 3.05) is 16.8 Å². The number of carbonyl (C=O) groups excluding carboxylic acids is 2. The molecule has 3 rings (SSSR count). The number of nitrogens with one attached hydrogen (secondary N) is 2. The van der Waals surface area contributed by atoms with Gasteiger partial charge >= 0.3 is 18.3 Å². The SMILES string of the molecule is CC1(OC(=O)Nc2ccc(C#N)c(C(F)(F)F)c2)CN(c2ccc(F)cc2)C(=O)N1. The zero-order valence-electron chi connectivity index (χ0n) is 15.4. The number of urea groups is 1. The summed E-state index contributed by atoms with van der Waals surface area (Å²) in [6, 6.07) is 8.56. The summed E-state index contributed by atoms with van der Waals surface area (Å²) in [5.74, 6) is -0.489. The minimum absolute atomic E-state index is 0.119. The van der Waals surface area contributed by atoms with Crippen LogP contribution in [-0.4, -0.2) is 24.4 Å². The van der Waals surface area contributed by atoms with Gasteiger partial charge in [0.15, 0.2) is 0 Å². The van der Waals surface area contributed by atoms with Gasteiger partial charge in [0, 0.05) is 11.4 Å². The maximum Gasteiger partial charge on any atom is 0.417 e. The van der Waals surface area contributed by atoms with Crippen LogP contribution in [0, 0.1) is 17.1 Å². The van der Waals surface area contributed by atoms with Crippen LogP contribution in [0.25, 0.3) is 0 Å². The van der Waals surface area contributed by atoms with Crippen molar-refractivity contribution >= 4 is 23.5 Å². The molecule has 2 aromatic carbocycles. The molecule has 1 aliphatic heterocycles. The van der Waals surface area contributed by atoms with Crippen LogP contribution in [0.1, 0.15) is 18.1 Å². The minimum atomic E-state index is -4.78. The van der Waals surface area contributed by atoms with E-state index in [0.29, 0.717) is 11.8 Å². The number of alkyl halides is 3. The summed E-state index contributed by atoms with van der Waals surface area (Å²) in [6.07, 6.45) is -5.90. The third-order valence-electron chi connectivity index (χ3n) is 4.22. The number of hydrogen-bond acceptors (Lipinski definition) is 4. The first-order chi connectivity index (χ1) is 14.0. The number of ether oxygens (including phenoxy) is 1. The lowest BCUT2D eigenvalue weighted by Gasteiger charge is -2.24. The summed E-state index contributed by atoms with van der Waals surface area (Å²) >= 11 is 0. The van der Waals surface area contributed by atoms with Crippen LogP contribution >= 0.6 is 0 Å². The average molecular weight is 422 g/mol. The van der Waals surface area contributed by atoms with Crippen LogP contribution in [0.15, 0.2) is 42.5 Å². The number of amides is 3. The lowest BCUT2D eigenvalue weighted by Crippen LogP contribution is -2.45. The molecule has 7 nitrogen and oxygen atoms in total. The second kappa shape index (κ2) is 7.55. The molecule has 1 fully saturated rings. The van der Waals surface area contributed by atoms with Gasteiger partial charge in [-0.25, -0.2) is 14.0 Å². The Kier molecular flexibility index (Phi) is 5.26. The number of anilines is 2. The third kappa shape index (κ3) is 4.43. The standard InChI is InChI=1S/C19H14F4N4O3/c1-18(10-27(16(28)26-18)14-6-3-12(20)4-7-14)30-17(29)25-13-5-2-11(9-24)15(8-13)19(21,22)23/h2-8H,10H2,1H3,(H,25,29)(H,26,28). The first kappa shape index (κ1) is 20.9. The van der Waals surface area contributed by atoms with Crippen molar-refractivity contribution in [2.24, 2.45) is 0 Å². The number of benzene rings is 2. The maximum absolute atomic E-state index is 13.1. The van der Waals surface area contributed by atoms with E-state index in [1.807, 2.05) is 0 Å². The Labute approximate surface area is 167 Å². The monoisotopic (exact) mass is 422 g/mol. The van der Waals surface area contributed by atoms with Crippen molar-refractivity contribution in [3.63, 3.8) is 0 Å². The van der Waals surface area contributed by atoms with Gasteiger partial charge in [0.1, 0.15) is 5.82 Å². The van der Waals surface area contributed by atoms with Gasteiger partial charge in [0.2, 0.25) is 5.72 Å². The largest absolute Gasteiger partial charge is 0.421 e. The van der Waals surface area contributed by atoms with Crippen LogP contribution < -0.4 is 15.5 Å². The predicted octanol–water partition coefficient (Wildman–Crippen LogP) is 4.21. The summed E-state index contributed by atoms with van der Waals surface area (Å²) < 4.78 is 57.4. The van der Waals surface area contributed by atoms with Gasteiger partial charge in [-0.3, -0.25) is 15.5 Å². The summed E-state index contributed by atoms with van der Waals surface area (Å²) in [5.41, 5.74) is -3.16. The molecule has 0 saturated carbocycles. The van der Waals surface area contributed by atoms with E-state index in [1.165, 1.54) is 30.0 Å². The zero-order chi connectivity index (χ0) is 22.1. The van der Waals surface area contributed by atoms with Crippen molar-refractivity contribution in [1.82, 2.24) is 5.32 Å². The highest BCUT2D eigenvalue weighted by molar-refractivity contribution is 5.95. The predicted molar refractivity (Wildman–Crippen MR) is 96.9 cm³/mol. The topological polar surface area (TPSA) is 94.5 Å². The van der Waals surface area contributed by atoms with Gasteiger partial charge in [-0.05, 0) is 49.4 Å². The second-order valence-electron chi connectivity index (χ2n) is 6.61. The van der Waals surface area contributed by atoms with Gasteiger partial charge in [-0.15, -0.1) is 0 Å². The van der Waals surface area contributed by atoms with Crippen LogP contribution in [0.3, 0.4) is 0 Å². The molecule has 1 unspecified atom stereocenters. The number of nitriles is 1. The molecule has 0 aliphatic carbocycles. The fourth-order valence-electron chi connectivity index (χ4n) is 2.90. The molecular weight excluding hydrogens is 408 g/mol. The molecule has 0 bridgehead atoms. The van der Waals surface area contributed by atoms with Gasteiger partial charge < -0.3 is 4.74 Å². The molecule has 3 amide bonds. The molecule has 2 aromatic rings. The Balaban J connectivity index is 1.71. The van der Waals surface area contributed by atoms with E-state index in [1.54, 1.807) is 0 Å². The number of rotatable bonds is 3. The van der Waals surface area contributed by atoms with Crippen molar-refractivity contribution in [2.45, 2.75) is 18.8 Å². The molecule has 2 N–H and O–H groups in total.